The Balaban J connectivity index is 1.89. The van der Waals surface area contributed by atoms with Gasteiger partial charge in [0.25, 0.3) is 0 Å². The van der Waals surface area contributed by atoms with Crippen LogP contribution in [0.3, 0.4) is 0 Å². The molecule has 0 bridgehead atoms. The van der Waals surface area contributed by atoms with Gasteiger partial charge in [0.05, 0.1) is 25.6 Å². The molecule has 0 aliphatic carbocycles. The number of carboxylic acid groups (broad SMARTS) is 1. The van der Waals surface area contributed by atoms with E-state index in [0.717, 1.165) is 4.88 Å². The zero-order valence-electron chi connectivity index (χ0n) is 10.8. The Hall–Kier alpha value is -1.40. The number of nitrogens with zero attached hydrogens (tertiary/aromatic N) is 1. The molecule has 6 heteroatoms. The summed E-state index contributed by atoms with van der Waals surface area (Å²) in [5.74, 6) is -0.853. The van der Waals surface area contributed by atoms with Crippen molar-refractivity contribution in [1.29, 1.82) is 0 Å². The Morgan fingerprint density at radius 2 is 2.32 bits per heavy atom. The molecule has 0 saturated carbocycles. The Morgan fingerprint density at radius 3 is 2.95 bits per heavy atom. The first-order valence-electron chi connectivity index (χ1n) is 6.21. The lowest BCUT2D eigenvalue weighted by Gasteiger charge is -2.32. The van der Waals surface area contributed by atoms with Crippen LogP contribution in [-0.2, 0) is 20.7 Å². The first kappa shape index (κ1) is 14.0. The third kappa shape index (κ3) is 4.04. The number of carbonyl (C=O) groups is 2. The molecule has 1 aromatic rings. The van der Waals surface area contributed by atoms with Crippen molar-refractivity contribution in [2.24, 2.45) is 0 Å². The van der Waals surface area contributed by atoms with Crippen LogP contribution >= 0.6 is 11.3 Å². The Morgan fingerprint density at radius 1 is 1.53 bits per heavy atom. The molecule has 1 aliphatic rings. The fourth-order valence-electron chi connectivity index (χ4n) is 2.11. The summed E-state index contributed by atoms with van der Waals surface area (Å²) in [6.45, 7) is 3.33. The second-order valence-electron chi connectivity index (χ2n) is 4.62. The predicted octanol–water partition coefficient (Wildman–Crippen LogP) is 1.30. The molecule has 1 aliphatic heterocycles. The molecule has 0 radical (unpaired) electrons. The van der Waals surface area contributed by atoms with Gasteiger partial charge in [-0.25, -0.2) is 0 Å². The minimum Gasteiger partial charge on any atom is -0.481 e. The highest BCUT2D eigenvalue weighted by Crippen LogP contribution is 2.17. The van der Waals surface area contributed by atoms with Gasteiger partial charge < -0.3 is 14.7 Å². The average Bonchev–Trinajstić information content (AvgIpc) is 2.74. The maximum absolute atomic E-state index is 12.1. The summed E-state index contributed by atoms with van der Waals surface area (Å²) in [7, 11) is 0. The second kappa shape index (κ2) is 6.16. The van der Waals surface area contributed by atoms with Crippen LogP contribution in [0.1, 0.15) is 16.2 Å². The fourth-order valence-corrected chi connectivity index (χ4v) is 2.99. The van der Waals surface area contributed by atoms with Gasteiger partial charge in [-0.15, -0.1) is 11.3 Å². The highest BCUT2D eigenvalue weighted by molar-refractivity contribution is 7.12. The zero-order chi connectivity index (χ0) is 13.8. The number of thiophene rings is 1. The molecule has 1 aromatic heterocycles. The molecular formula is C13H17NO4S. The van der Waals surface area contributed by atoms with Crippen molar-refractivity contribution in [3.63, 3.8) is 0 Å². The molecule has 104 valence electrons. The predicted molar refractivity (Wildman–Crippen MR) is 71.3 cm³/mol. The lowest BCUT2D eigenvalue weighted by molar-refractivity contribution is -0.147. The van der Waals surface area contributed by atoms with Gasteiger partial charge >= 0.3 is 5.97 Å². The zero-order valence-corrected chi connectivity index (χ0v) is 11.6. The molecule has 2 heterocycles. The van der Waals surface area contributed by atoms with Crippen molar-refractivity contribution in [1.82, 2.24) is 4.90 Å². The molecule has 1 saturated heterocycles. The molecule has 0 aromatic carbocycles. The molecule has 0 unspecified atom stereocenters. The topological polar surface area (TPSA) is 66.8 Å². The number of carboxylic acids is 1. The summed E-state index contributed by atoms with van der Waals surface area (Å²) in [6, 6.07) is 3.97. The van der Waals surface area contributed by atoms with Crippen LogP contribution in [0.4, 0.5) is 0 Å². The van der Waals surface area contributed by atoms with E-state index in [1.807, 2.05) is 19.1 Å². The van der Waals surface area contributed by atoms with Gasteiger partial charge in [-0.3, -0.25) is 9.59 Å². The SMILES string of the molecule is Cc1ccc(CC(=O)N2CCO[C@@H](CC(=O)O)C2)s1. The van der Waals surface area contributed by atoms with Crippen molar-refractivity contribution in [2.45, 2.75) is 25.9 Å². The second-order valence-corrected chi connectivity index (χ2v) is 5.99. The summed E-state index contributed by atoms with van der Waals surface area (Å²) in [4.78, 5) is 26.7. The molecule has 0 spiro atoms. The molecule has 1 fully saturated rings. The first-order valence-corrected chi connectivity index (χ1v) is 7.02. The molecular weight excluding hydrogens is 266 g/mol. The number of ether oxygens (including phenoxy) is 1. The smallest absolute Gasteiger partial charge is 0.306 e. The summed E-state index contributed by atoms with van der Waals surface area (Å²) >= 11 is 1.62. The highest BCUT2D eigenvalue weighted by atomic mass is 32.1. The number of rotatable bonds is 4. The maximum Gasteiger partial charge on any atom is 0.306 e. The number of amides is 1. The van der Waals surface area contributed by atoms with E-state index >= 15 is 0 Å². The third-order valence-corrected chi connectivity index (χ3v) is 4.02. The lowest BCUT2D eigenvalue weighted by atomic mass is 10.2. The van der Waals surface area contributed by atoms with Crippen LogP contribution < -0.4 is 0 Å². The van der Waals surface area contributed by atoms with E-state index in [0.29, 0.717) is 26.1 Å². The quantitative estimate of drug-likeness (QED) is 0.904. The van der Waals surface area contributed by atoms with Crippen LogP contribution in [-0.4, -0.2) is 47.7 Å². The number of hydrogen-bond acceptors (Lipinski definition) is 4. The van der Waals surface area contributed by atoms with E-state index in [-0.39, 0.29) is 18.4 Å². The van der Waals surface area contributed by atoms with Crippen molar-refractivity contribution in [2.75, 3.05) is 19.7 Å². The minimum absolute atomic E-state index is 0.0422. The van der Waals surface area contributed by atoms with Gasteiger partial charge in [-0.1, -0.05) is 0 Å². The average molecular weight is 283 g/mol. The summed E-state index contributed by atoms with van der Waals surface area (Å²) < 4.78 is 5.35. The molecule has 1 amide bonds. The van der Waals surface area contributed by atoms with Crippen LogP contribution in [0.15, 0.2) is 12.1 Å². The van der Waals surface area contributed by atoms with Crippen molar-refractivity contribution in [3.8, 4) is 0 Å². The molecule has 1 N–H and O–H groups in total. The third-order valence-electron chi connectivity index (χ3n) is 3.02. The van der Waals surface area contributed by atoms with E-state index in [9.17, 15) is 9.59 Å². The normalized spacial score (nSPS) is 19.4. The van der Waals surface area contributed by atoms with Crippen LogP contribution in [0, 0.1) is 6.92 Å². The maximum atomic E-state index is 12.1. The van der Waals surface area contributed by atoms with Crippen molar-refractivity contribution < 1.29 is 19.4 Å². The number of carbonyl (C=O) groups excluding carboxylic acids is 1. The van der Waals surface area contributed by atoms with Crippen LogP contribution in [0.5, 0.6) is 0 Å². The van der Waals surface area contributed by atoms with Gasteiger partial charge in [-0.05, 0) is 19.1 Å². The van der Waals surface area contributed by atoms with Gasteiger partial charge in [0.1, 0.15) is 0 Å². The Bertz CT molecular complexity index is 471. The number of aryl methyl sites for hydroxylation is 1. The number of aliphatic carboxylic acids is 1. The van der Waals surface area contributed by atoms with Gasteiger partial charge in [0, 0.05) is 22.8 Å². The van der Waals surface area contributed by atoms with E-state index in [1.54, 1.807) is 16.2 Å². The van der Waals surface area contributed by atoms with Gasteiger partial charge in [-0.2, -0.15) is 0 Å². The molecule has 1 atom stereocenters. The van der Waals surface area contributed by atoms with Crippen molar-refractivity contribution >= 4 is 23.2 Å². The minimum atomic E-state index is -0.895. The largest absolute Gasteiger partial charge is 0.481 e. The Kier molecular flexibility index (Phi) is 4.55. The standard InChI is InChI=1S/C13H17NO4S/c1-9-2-3-11(19-9)7-12(15)14-4-5-18-10(8-14)6-13(16)17/h2-3,10H,4-8H2,1H3,(H,16,17)/t10-/m0/s1. The Labute approximate surface area is 115 Å². The monoisotopic (exact) mass is 283 g/mol. The van der Waals surface area contributed by atoms with E-state index in [1.165, 1.54) is 4.88 Å². The lowest BCUT2D eigenvalue weighted by Crippen LogP contribution is -2.46. The summed E-state index contributed by atoms with van der Waals surface area (Å²) in [5.41, 5.74) is 0. The summed E-state index contributed by atoms with van der Waals surface area (Å²) in [5, 5.41) is 8.75. The van der Waals surface area contributed by atoms with E-state index < -0.39 is 5.97 Å². The van der Waals surface area contributed by atoms with E-state index in [4.69, 9.17) is 9.84 Å². The number of hydrogen-bond donors (Lipinski definition) is 1. The first-order chi connectivity index (χ1) is 9.04. The molecule has 2 rings (SSSR count). The van der Waals surface area contributed by atoms with Gasteiger partial charge in [0.2, 0.25) is 5.91 Å². The molecule has 5 nitrogen and oxygen atoms in total. The molecule has 19 heavy (non-hydrogen) atoms. The summed E-state index contributed by atoms with van der Waals surface area (Å²) in [6.07, 6.45) is -0.0551. The van der Waals surface area contributed by atoms with Crippen LogP contribution in [0.25, 0.3) is 0 Å². The van der Waals surface area contributed by atoms with Crippen molar-refractivity contribution in [3.05, 3.63) is 21.9 Å². The fraction of sp³-hybridized carbons (Fsp3) is 0.538. The van der Waals surface area contributed by atoms with Gasteiger partial charge in [0.15, 0.2) is 0 Å². The van der Waals surface area contributed by atoms with Crippen LogP contribution in [0.2, 0.25) is 0 Å². The number of morpholine rings is 1. The highest BCUT2D eigenvalue weighted by Gasteiger charge is 2.25. The van der Waals surface area contributed by atoms with E-state index in [2.05, 4.69) is 0 Å².